The molecule has 0 aliphatic rings. The van der Waals surface area contributed by atoms with Crippen molar-refractivity contribution in [3.63, 3.8) is 0 Å². The molecule has 0 radical (unpaired) electrons. The van der Waals surface area contributed by atoms with Gasteiger partial charge in [-0.05, 0) is 38.1 Å². The molecule has 0 amide bonds. The van der Waals surface area contributed by atoms with Gasteiger partial charge in [-0.25, -0.2) is 9.97 Å². The average Bonchev–Trinajstić information content (AvgIpc) is 3.11. The highest BCUT2D eigenvalue weighted by Crippen LogP contribution is 2.39. The van der Waals surface area contributed by atoms with Crippen LogP contribution in [-0.4, -0.2) is 9.97 Å². The Morgan fingerprint density at radius 3 is 1.57 bits per heavy atom. The molecule has 4 aromatic rings. The van der Waals surface area contributed by atoms with Gasteiger partial charge in [-0.2, -0.15) is 0 Å². The van der Waals surface area contributed by atoms with Gasteiger partial charge in [0.1, 0.15) is 10.0 Å². The Morgan fingerprint density at radius 2 is 1.14 bits per heavy atom. The molecule has 21 heavy (non-hydrogen) atoms. The average molecular weight is 310 g/mol. The summed E-state index contributed by atoms with van der Waals surface area (Å²) in [7, 11) is 0. The van der Waals surface area contributed by atoms with Crippen LogP contribution in [-0.2, 0) is 5.41 Å². The second-order valence-corrected chi connectivity index (χ2v) is 7.66. The highest BCUT2D eigenvalue weighted by atomic mass is 32.1. The molecule has 4 heteroatoms. The van der Waals surface area contributed by atoms with Crippen molar-refractivity contribution >= 4 is 43.1 Å². The molecule has 0 spiro atoms. The summed E-state index contributed by atoms with van der Waals surface area (Å²) in [5.74, 6) is 0. The molecule has 0 aliphatic heterocycles. The van der Waals surface area contributed by atoms with Crippen LogP contribution in [0.3, 0.4) is 0 Å². The summed E-state index contributed by atoms with van der Waals surface area (Å²) in [6, 6.07) is 16.6. The van der Waals surface area contributed by atoms with Crippen molar-refractivity contribution in [2.75, 3.05) is 0 Å². The number of hydrogen-bond acceptors (Lipinski definition) is 4. The van der Waals surface area contributed by atoms with E-state index in [0.29, 0.717) is 0 Å². The molecule has 0 unspecified atom stereocenters. The number of para-hydroxylation sites is 2. The number of hydrogen-bond donors (Lipinski definition) is 0. The van der Waals surface area contributed by atoms with Crippen molar-refractivity contribution < 1.29 is 0 Å². The first-order valence-electron chi connectivity index (χ1n) is 6.87. The maximum Gasteiger partial charge on any atom is 0.106 e. The SMILES string of the molecule is CC(C)(c1nc2ccccc2s1)c1nc2ccccc2s1. The third-order valence-electron chi connectivity index (χ3n) is 3.66. The molecular weight excluding hydrogens is 296 g/mol. The first-order valence-corrected chi connectivity index (χ1v) is 8.50. The summed E-state index contributed by atoms with van der Waals surface area (Å²) in [4.78, 5) is 9.63. The summed E-state index contributed by atoms with van der Waals surface area (Å²) in [5.41, 5.74) is 1.99. The quantitative estimate of drug-likeness (QED) is 0.506. The van der Waals surface area contributed by atoms with E-state index in [9.17, 15) is 0 Å². The van der Waals surface area contributed by atoms with Crippen LogP contribution < -0.4 is 0 Å². The molecule has 2 aromatic heterocycles. The molecule has 2 aromatic carbocycles. The summed E-state index contributed by atoms with van der Waals surface area (Å²) in [5, 5.41) is 2.26. The first-order chi connectivity index (χ1) is 10.1. The number of benzene rings is 2. The van der Waals surface area contributed by atoms with Crippen LogP contribution in [0.5, 0.6) is 0 Å². The van der Waals surface area contributed by atoms with Crippen LogP contribution in [0.15, 0.2) is 48.5 Å². The van der Waals surface area contributed by atoms with E-state index in [1.165, 1.54) is 9.40 Å². The van der Waals surface area contributed by atoms with E-state index < -0.39 is 0 Å². The van der Waals surface area contributed by atoms with Crippen molar-refractivity contribution in [3.8, 4) is 0 Å². The Labute approximate surface area is 131 Å². The molecule has 0 fully saturated rings. The normalized spacial score (nSPS) is 12.3. The van der Waals surface area contributed by atoms with E-state index in [2.05, 4.69) is 50.2 Å². The number of aromatic nitrogens is 2. The fourth-order valence-electron chi connectivity index (χ4n) is 2.37. The van der Waals surface area contributed by atoms with Crippen molar-refractivity contribution in [3.05, 3.63) is 58.5 Å². The Hall–Kier alpha value is -1.78. The van der Waals surface area contributed by atoms with Gasteiger partial charge in [-0.3, -0.25) is 0 Å². The second-order valence-electron chi connectivity index (χ2n) is 5.60. The summed E-state index contributed by atoms with van der Waals surface area (Å²) in [6.45, 7) is 4.42. The highest BCUT2D eigenvalue weighted by molar-refractivity contribution is 7.20. The molecule has 4 rings (SSSR count). The van der Waals surface area contributed by atoms with Gasteiger partial charge in [0, 0.05) is 0 Å². The molecule has 0 saturated heterocycles. The highest BCUT2D eigenvalue weighted by Gasteiger charge is 2.30. The number of rotatable bonds is 2. The van der Waals surface area contributed by atoms with E-state index in [0.717, 1.165) is 21.0 Å². The van der Waals surface area contributed by atoms with Crippen LogP contribution in [0.1, 0.15) is 23.9 Å². The Balaban J connectivity index is 1.87. The molecular formula is C17H14N2S2. The largest absolute Gasteiger partial charge is 0.240 e. The van der Waals surface area contributed by atoms with Gasteiger partial charge >= 0.3 is 0 Å². The van der Waals surface area contributed by atoms with Gasteiger partial charge in [-0.1, -0.05) is 24.3 Å². The molecule has 2 heterocycles. The van der Waals surface area contributed by atoms with Gasteiger partial charge in [0.25, 0.3) is 0 Å². The van der Waals surface area contributed by atoms with E-state index >= 15 is 0 Å². The second kappa shape index (κ2) is 4.61. The molecule has 0 atom stereocenters. The summed E-state index contributed by atoms with van der Waals surface area (Å²) >= 11 is 3.53. The standard InChI is InChI=1S/C17H14N2S2/c1-17(2,15-18-11-7-3-5-9-13(11)20-15)16-19-12-8-4-6-10-14(12)21-16/h3-10H,1-2H3. The predicted octanol–water partition coefficient (Wildman–Crippen LogP) is 5.23. The number of thiazole rings is 2. The minimum absolute atomic E-state index is 0.159. The summed E-state index contributed by atoms with van der Waals surface area (Å²) in [6.07, 6.45) is 0. The van der Waals surface area contributed by atoms with Crippen molar-refractivity contribution in [1.82, 2.24) is 9.97 Å². The lowest BCUT2D eigenvalue weighted by atomic mass is 9.95. The zero-order chi connectivity index (χ0) is 14.4. The zero-order valence-corrected chi connectivity index (χ0v) is 13.5. The van der Waals surface area contributed by atoms with Gasteiger partial charge in [0.05, 0.1) is 25.8 Å². The molecule has 104 valence electrons. The van der Waals surface area contributed by atoms with Crippen LogP contribution in [0.2, 0.25) is 0 Å². The van der Waals surface area contributed by atoms with E-state index in [1.54, 1.807) is 22.7 Å². The lowest BCUT2D eigenvalue weighted by Gasteiger charge is -2.18. The fraction of sp³-hybridized carbons (Fsp3) is 0.176. The van der Waals surface area contributed by atoms with Crippen molar-refractivity contribution in [1.29, 1.82) is 0 Å². The predicted molar refractivity (Wildman–Crippen MR) is 91.4 cm³/mol. The van der Waals surface area contributed by atoms with E-state index in [-0.39, 0.29) is 5.41 Å². The summed E-state index contributed by atoms with van der Waals surface area (Å²) < 4.78 is 2.48. The number of fused-ring (bicyclic) bond motifs is 2. The number of nitrogens with zero attached hydrogens (tertiary/aromatic N) is 2. The molecule has 0 saturated carbocycles. The lowest BCUT2D eigenvalue weighted by molar-refractivity contribution is 0.633. The van der Waals surface area contributed by atoms with Crippen molar-refractivity contribution in [2.24, 2.45) is 0 Å². The Bertz CT molecular complexity index is 792. The third kappa shape index (κ3) is 2.06. The van der Waals surface area contributed by atoms with Gasteiger partial charge < -0.3 is 0 Å². The minimum Gasteiger partial charge on any atom is -0.240 e. The van der Waals surface area contributed by atoms with Gasteiger partial charge in [-0.15, -0.1) is 22.7 Å². The van der Waals surface area contributed by atoms with Crippen LogP contribution in [0, 0.1) is 0 Å². The van der Waals surface area contributed by atoms with Crippen LogP contribution >= 0.6 is 22.7 Å². The molecule has 0 bridgehead atoms. The van der Waals surface area contributed by atoms with E-state index in [1.807, 2.05) is 12.1 Å². The van der Waals surface area contributed by atoms with Crippen molar-refractivity contribution in [2.45, 2.75) is 19.3 Å². The molecule has 2 nitrogen and oxygen atoms in total. The Kier molecular flexibility index (Phi) is 2.84. The maximum absolute atomic E-state index is 4.82. The van der Waals surface area contributed by atoms with Crippen LogP contribution in [0.25, 0.3) is 20.4 Å². The van der Waals surface area contributed by atoms with Crippen LogP contribution in [0.4, 0.5) is 0 Å². The minimum atomic E-state index is -0.159. The first kappa shape index (κ1) is 12.9. The van der Waals surface area contributed by atoms with Gasteiger partial charge in [0.2, 0.25) is 0 Å². The lowest BCUT2D eigenvalue weighted by Crippen LogP contribution is -2.18. The topological polar surface area (TPSA) is 25.8 Å². The maximum atomic E-state index is 4.82. The molecule has 0 N–H and O–H groups in total. The molecule has 0 aliphatic carbocycles. The third-order valence-corrected chi connectivity index (χ3v) is 6.38. The fourth-order valence-corrected chi connectivity index (χ4v) is 4.57. The monoisotopic (exact) mass is 310 g/mol. The zero-order valence-electron chi connectivity index (χ0n) is 11.8. The van der Waals surface area contributed by atoms with Gasteiger partial charge in [0.15, 0.2) is 0 Å². The Morgan fingerprint density at radius 1 is 0.714 bits per heavy atom. The smallest absolute Gasteiger partial charge is 0.106 e. The van der Waals surface area contributed by atoms with E-state index in [4.69, 9.17) is 9.97 Å².